The van der Waals surface area contributed by atoms with Crippen molar-refractivity contribution in [1.82, 2.24) is 0 Å². The van der Waals surface area contributed by atoms with E-state index in [0.29, 0.717) is 10.0 Å². The highest BCUT2D eigenvalue weighted by Crippen LogP contribution is 2.25. The molecular formula is C21H21Cl2NO. The Morgan fingerprint density at radius 3 is 2.80 bits per heavy atom. The first-order chi connectivity index (χ1) is 12.2. The second-order valence-corrected chi connectivity index (χ2v) is 6.88. The molecule has 4 heteroatoms. The summed E-state index contributed by atoms with van der Waals surface area (Å²) < 4.78 is 5.82. The summed E-state index contributed by atoms with van der Waals surface area (Å²) in [7, 11) is 0. The summed E-state index contributed by atoms with van der Waals surface area (Å²) in [4.78, 5) is 4.66. The Morgan fingerprint density at radius 2 is 2.00 bits per heavy atom. The van der Waals surface area contributed by atoms with Gasteiger partial charge in [-0.1, -0.05) is 48.7 Å². The third-order valence-corrected chi connectivity index (χ3v) is 4.73. The molecule has 2 aromatic carbocycles. The van der Waals surface area contributed by atoms with Crippen molar-refractivity contribution in [3.05, 3.63) is 69.2 Å². The number of rotatable bonds is 6. The molecule has 2 nitrogen and oxygen atoms in total. The minimum Gasteiger partial charge on any atom is -0.494 e. The molecule has 3 rings (SSSR count). The van der Waals surface area contributed by atoms with Gasteiger partial charge in [0, 0.05) is 22.2 Å². The average Bonchev–Trinajstić information content (AvgIpc) is 2.61. The van der Waals surface area contributed by atoms with Gasteiger partial charge in [-0.15, -0.1) is 0 Å². The molecule has 0 aliphatic carbocycles. The van der Waals surface area contributed by atoms with Crippen molar-refractivity contribution in [3.63, 3.8) is 0 Å². The Hall–Kier alpha value is -1.77. The van der Waals surface area contributed by atoms with E-state index in [1.165, 1.54) is 5.56 Å². The normalized spacial score (nSPS) is 13.6. The minimum atomic E-state index is 0.637. The number of nitrogens with zero attached hydrogens (tertiary/aromatic N) is 1. The minimum absolute atomic E-state index is 0.637. The number of halogens is 2. The lowest BCUT2D eigenvalue weighted by molar-refractivity contribution is 0.309. The number of hydrogen-bond donors (Lipinski definition) is 0. The van der Waals surface area contributed by atoms with Gasteiger partial charge < -0.3 is 4.74 Å². The van der Waals surface area contributed by atoms with Gasteiger partial charge in [0.15, 0.2) is 0 Å². The first kappa shape index (κ1) is 18.0. The number of aliphatic imine (C=N–C) groups is 1. The molecule has 0 radical (unpaired) electrons. The van der Waals surface area contributed by atoms with Crippen LogP contribution in [0.3, 0.4) is 0 Å². The monoisotopic (exact) mass is 373 g/mol. The van der Waals surface area contributed by atoms with E-state index in [1.807, 2.05) is 30.4 Å². The van der Waals surface area contributed by atoms with Crippen LogP contribution in [0.25, 0.3) is 6.08 Å². The standard InChI is InChI=1S/C21H21Cl2NO/c1-2-3-12-25-18-7-8-19-16(13-18)10-11-24-21(19)9-5-15-4-6-17(22)14-20(15)23/h4-9,13-14H,2-3,10-12H2,1H3. The Kier molecular flexibility index (Phi) is 6.17. The Labute approximate surface area is 159 Å². The van der Waals surface area contributed by atoms with Crippen molar-refractivity contribution >= 4 is 35.0 Å². The maximum atomic E-state index is 6.24. The van der Waals surface area contributed by atoms with Gasteiger partial charge in [0.2, 0.25) is 0 Å². The van der Waals surface area contributed by atoms with E-state index in [-0.39, 0.29) is 0 Å². The van der Waals surface area contributed by atoms with E-state index in [0.717, 1.165) is 55.0 Å². The quantitative estimate of drug-likeness (QED) is 0.549. The van der Waals surface area contributed by atoms with Crippen LogP contribution in [0.5, 0.6) is 5.75 Å². The molecule has 0 saturated carbocycles. The van der Waals surface area contributed by atoms with E-state index in [2.05, 4.69) is 24.0 Å². The highest BCUT2D eigenvalue weighted by atomic mass is 35.5. The van der Waals surface area contributed by atoms with Crippen molar-refractivity contribution in [1.29, 1.82) is 0 Å². The summed E-state index contributed by atoms with van der Waals surface area (Å²) >= 11 is 12.2. The van der Waals surface area contributed by atoms with Gasteiger partial charge in [-0.2, -0.15) is 0 Å². The topological polar surface area (TPSA) is 21.6 Å². The summed E-state index contributed by atoms with van der Waals surface area (Å²) in [5, 5.41) is 1.28. The number of ether oxygens (including phenoxy) is 1. The van der Waals surface area contributed by atoms with Crippen LogP contribution < -0.4 is 4.74 Å². The van der Waals surface area contributed by atoms with Crippen molar-refractivity contribution in [3.8, 4) is 5.75 Å². The van der Waals surface area contributed by atoms with E-state index < -0.39 is 0 Å². The molecule has 0 unspecified atom stereocenters. The lowest BCUT2D eigenvalue weighted by Crippen LogP contribution is -2.11. The number of benzene rings is 2. The second-order valence-electron chi connectivity index (χ2n) is 6.04. The van der Waals surface area contributed by atoms with Crippen LogP contribution in [0.15, 0.2) is 47.5 Å². The molecule has 2 aromatic rings. The second kappa shape index (κ2) is 8.55. The maximum absolute atomic E-state index is 6.24. The molecule has 25 heavy (non-hydrogen) atoms. The third kappa shape index (κ3) is 4.65. The van der Waals surface area contributed by atoms with E-state index in [9.17, 15) is 0 Å². The lowest BCUT2D eigenvalue weighted by atomic mass is 9.96. The number of hydrogen-bond acceptors (Lipinski definition) is 2. The molecular weight excluding hydrogens is 353 g/mol. The summed E-state index contributed by atoms with van der Waals surface area (Å²) in [6.45, 7) is 3.73. The predicted molar refractivity (Wildman–Crippen MR) is 107 cm³/mol. The molecule has 0 saturated heterocycles. The zero-order valence-electron chi connectivity index (χ0n) is 14.3. The van der Waals surface area contributed by atoms with Crippen molar-refractivity contribution < 1.29 is 4.74 Å². The van der Waals surface area contributed by atoms with Gasteiger partial charge in [0.05, 0.1) is 12.3 Å². The zero-order chi connectivity index (χ0) is 17.6. The molecule has 1 heterocycles. The fourth-order valence-electron chi connectivity index (χ4n) is 2.78. The van der Waals surface area contributed by atoms with E-state index in [1.54, 1.807) is 6.07 Å². The zero-order valence-corrected chi connectivity index (χ0v) is 15.8. The summed E-state index contributed by atoms with van der Waals surface area (Å²) in [6.07, 6.45) is 7.16. The average molecular weight is 374 g/mol. The molecule has 0 atom stereocenters. The van der Waals surface area contributed by atoms with Crippen LogP contribution in [-0.2, 0) is 6.42 Å². The highest BCUT2D eigenvalue weighted by molar-refractivity contribution is 6.35. The van der Waals surface area contributed by atoms with Crippen LogP contribution >= 0.6 is 23.2 Å². The Bertz CT molecular complexity index is 812. The lowest BCUT2D eigenvalue weighted by Gasteiger charge is -2.16. The largest absolute Gasteiger partial charge is 0.494 e. The SMILES string of the molecule is CCCCOc1ccc2c(c1)CCN=C2C=Cc1ccc(Cl)cc1Cl. The van der Waals surface area contributed by atoms with E-state index >= 15 is 0 Å². The fraction of sp³-hybridized carbons (Fsp3) is 0.286. The summed E-state index contributed by atoms with van der Waals surface area (Å²) in [6, 6.07) is 11.8. The molecule has 0 spiro atoms. The number of fused-ring (bicyclic) bond motifs is 1. The highest BCUT2D eigenvalue weighted by Gasteiger charge is 2.13. The fourth-order valence-corrected chi connectivity index (χ4v) is 3.25. The first-order valence-corrected chi connectivity index (χ1v) is 9.36. The molecule has 0 bridgehead atoms. The predicted octanol–water partition coefficient (Wildman–Crippen LogP) is 6.23. The van der Waals surface area contributed by atoms with Gasteiger partial charge in [-0.25, -0.2) is 0 Å². The van der Waals surface area contributed by atoms with Crippen LogP contribution in [0.4, 0.5) is 0 Å². The molecule has 0 aromatic heterocycles. The molecule has 0 N–H and O–H groups in total. The van der Waals surface area contributed by atoms with Crippen molar-refractivity contribution in [2.24, 2.45) is 4.99 Å². The molecule has 1 aliphatic heterocycles. The molecule has 130 valence electrons. The van der Waals surface area contributed by atoms with Gasteiger partial charge >= 0.3 is 0 Å². The molecule has 1 aliphatic rings. The van der Waals surface area contributed by atoms with Crippen molar-refractivity contribution in [2.45, 2.75) is 26.2 Å². The summed E-state index contributed by atoms with van der Waals surface area (Å²) in [5.74, 6) is 0.943. The molecule has 0 fully saturated rings. The summed E-state index contributed by atoms with van der Waals surface area (Å²) in [5.41, 5.74) is 4.36. The van der Waals surface area contributed by atoms with Gasteiger partial charge in [0.25, 0.3) is 0 Å². The van der Waals surface area contributed by atoms with E-state index in [4.69, 9.17) is 27.9 Å². The van der Waals surface area contributed by atoms with Gasteiger partial charge in [0.1, 0.15) is 5.75 Å². The van der Waals surface area contributed by atoms with Crippen LogP contribution in [0, 0.1) is 0 Å². The van der Waals surface area contributed by atoms with Gasteiger partial charge in [-0.05, 0) is 60.4 Å². The maximum Gasteiger partial charge on any atom is 0.119 e. The van der Waals surface area contributed by atoms with Gasteiger partial charge in [-0.3, -0.25) is 4.99 Å². The van der Waals surface area contributed by atoms with Crippen molar-refractivity contribution in [2.75, 3.05) is 13.2 Å². The molecule has 0 amide bonds. The van der Waals surface area contributed by atoms with Crippen LogP contribution in [0.1, 0.15) is 36.5 Å². The number of allylic oxidation sites excluding steroid dienone is 1. The third-order valence-electron chi connectivity index (χ3n) is 4.17. The Morgan fingerprint density at radius 1 is 1.12 bits per heavy atom. The Balaban J connectivity index is 1.78. The van der Waals surface area contributed by atoms with Crippen LogP contribution in [-0.4, -0.2) is 18.9 Å². The smallest absolute Gasteiger partial charge is 0.119 e. The van der Waals surface area contributed by atoms with Crippen LogP contribution in [0.2, 0.25) is 10.0 Å². The first-order valence-electron chi connectivity index (χ1n) is 8.61. The number of unbranched alkanes of at least 4 members (excludes halogenated alkanes) is 1.